The first-order valence-corrected chi connectivity index (χ1v) is 13.1. The van der Waals surface area contributed by atoms with Crippen molar-refractivity contribution in [2.24, 2.45) is 34.5 Å². The Kier molecular flexibility index (Phi) is 5.85. The third-order valence-corrected chi connectivity index (χ3v) is 10.7. The fourth-order valence-electron chi connectivity index (χ4n) is 8.20. The minimum Gasteiger partial charge on any atom is -0.352 e. The first-order chi connectivity index (χ1) is 15.7. The maximum atomic E-state index is 12.9. The van der Waals surface area contributed by atoms with Crippen molar-refractivity contribution in [2.45, 2.75) is 58.4 Å². The first-order valence-electron chi connectivity index (χ1n) is 12.3. The van der Waals surface area contributed by atoms with Crippen molar-refractivity contribution < 1.29 is 9.59 Å². The van der Waals surface area contributed by atoms with Crippen LogP contribution in [-0.2, 0) is 4.79 Å². The first kappa shape index (κ1) is 23.2. The molecule has 3 fully saturated rings. The molecule has 178 valence electrons. The zero-order chi connectivity index (χ0) is 23.5. The van der Waals surface area contributed by atoms with Gasteiger partial charge in [-0.25, -0.2) is 0 Å². The molecule has 1 aliphatic heterocycles. The van der Waals surface area contributed by atoms with E-state index in [-0.39, 0.29) is 22.6 Å². The van der Waals surface area contributed by atoms with E-state index in [0.717, 1.165) is 12.8 Å². The molecule has 0 saturated heterocycles. The molecule has 4 aliphatic rings. The van der Waals surface area contributed by atoms with E-state index in [2.05, 4.69) is 25.2 Å². The van der Waals surface area contributed by atoms with E-state index in [9.17, 15) is 9.59 Å². The quantitative estimate of drug-likeness (QED) is 0.568. The highest BCUT2D eigenvalue weighted by molar-refractivity contribution is 6.39. The van der Waals surface area contributed by atoms with Gasteiger partial charge in [0.25, 0.3) is 5.91 Å². The number of rotatable bonds is 3. The minimum atomic E-state index is -0.181. The SMILES string of the molecule is CN1C(=O)C=C[C@]2(C)[C@H]3CC[C@]4(C)[C@@H](CNC(=O)c5c(Cl)cccc5Cl)CC[C@H]4[C@@H]3CC[C@@H]12. The number of fused-ring (bicyclic) bond motifs is 5. The van der Waals surface area contributed by atoms with Gasteiger partial charge in [0.1, 0.15) is 0 Å². The van der Waals surface area contributed by atoms with Crippen LogP contribution in [0, 0.1) is 34.5 Å². The van der Waals surface area contributed by atoms with E-state index < -0.39 is 0 Å². The van der Waals surface area contributed by atoms with E-state index in [1.54, 1.807) is 24.3 Å². The number of amides is 2. The van der Waals surface area contributed by atoms with Gasteiger partial charge in [-0.3, -0.25) is 9.59 Å². The number of carbonyl (C=O) groups excluding carboxylic acids is 2. The lowest BCUT2D eigenvalue weighted by Crippen LogP contribution is -2.59. The Hall–Kier alpha value is -1.52. The molecular weight excluding hydrogens is 455 g/mol. The summed E-state index contributed by atoms with van der Waals surface area (Å²) in [5, 5.41) is 3.94. The lowest BCUT2D eigenvalue weighted by Gasteiger charge is -2.60. The van der Waals surface area contributed by atoms with Crippen LogP contribution in [0.4, 0.5) is 0 Å². The summed E-state index contributed by atoms with van der Waals surface area (Å²) >= 11 is 12.5. The molecule has 1 aromatic rings. The number of halogens is 2. The highest BCUT2D eigenvalue weighted by Gasteiger charge is 2.60. The van der Waals surface area contributed by atoms with Crippen LogP contribution in [0.2, 0.25) is 10.0 Å². The Labute approximate surface area is 207 Å². The molecule has 33 heavy (non-hydrogen) atoms. The molecule has 3 aliphatic carbocycles. The molecule has 7 atom stereocenters. The van der Waals surface area contributed by atoms with Gasteiger partial charge in [0.2, 0.25) is 5.91 Å². The summed E-state index contributed by atoms with van der Waals surface area (Å²) < 4.78 is 0. The van der Waals surface area contributed by atoms with Crippen LogP contribution in [0.1, 0.15) is 62.7 Å². The summed E-state index contributed by atoms with van der Waals surface area (Å²) in [6, 6.07) is 5.49. The van der Waals surface area contributed by atoms with Gasteiger partial charge in [-0.05, 0) is 85.8 Å². The fourth-order valence-corrected chi connectivity index (χ4v) is 8.77. The number of nitrogens with zero attached hydrogens (tertiary/aromatic N) is 1. The summed E-state index contributed by atoms with van der Waals surface area (Å²) in [6.07, 6.45) is 11.1. The highest BCUT2D eigenvalue weighted by atomic mass is 35.5. The van der Waals surface area contributed by atoms with E-state index >= 15 is 0 Å². The number of hydrogen-bond donors (Lipinski definition) is 1. The zero-order valence-electron chi connectivity index (χ0n) is 19.7. The van der Waals surface area contributed by atoms with Crippen LogP contribution in [0.25, 0.3) is 0 Å². The Bertz CT molecular complexity index is 990. The molecule has 6 heteroatoms. The van der Waals surface area contributed by atoms with Crippen molar-refractivity contribution >= 4 is 35.0 Å². The maximum Gasteiger partial charge on any atom is 0.254 e. The van der Waals surface area contributed by atoms with E-state index in [1.807, 2.05) is 11.9 Å². The number of benzene rings is 1. The number of nitrogens with one attached hydrogen (secondary N) is 1. The molecule has 1 N–H and O–H groups in total. The van der Waals surface area contributed by atoms with Crippen LogP contribution in [0.5, 0.6) is 0 Å². The van der Waals surface area contributed by atoms with Gasteiger partial charge in [-0.15, -0.1) is 0 Å². The van der Waals surface area contributed by atoms with Gasteiger partial charge >= 0.3 is 0 Å². The lowest BCUT2D eigenvalue weighted by atomic mass is 9.47. The molecule has 3 saturated carbocycles. The van der Waals surface area contributed by atoms with Crippen LogP contribution in [-0.4, -0.2) is 36.3 Å². The van der Waals surface area contributed by atoms with Gasteiger partial charge in [-0.1, -0.05) is 49.2 Å². The second-order valence-electron chi connectivity index (χ2n) is 11.2. The molecule has 4 nitrogen and oxygen atoms in total. The fraction of sp³-hybridized carbons (Fsp3) is 0.630. The zero-order valence-corrected chi connectivity index (χ0v) is 21.3. The molecule has 2 amide bonds. The standard InChI is InChI=1S/C27H34Cl2N2O2/c1-26-13-11-19-17(8-10-22-27(19,2)14-12-23(32)31(22)3)18(26)9-7-16(26)15-30-25(33)24-20(28)5-4-6-21(24)29/h4-6,12,14,16-19,22H,7-11,13,15H2,1-3H3,(H,30,33)/t16-,17+,18+,19+,22-,26-,27-/m1/s1. The molecule has 0 bridgehead atoms. The Balaban J connectivity index is 1.31. The second-order valence-corrected chi connectivity index (χ2v) is 12.1. The molecule has 1 aromatic carbocycles. The summed E-state index contributed by atoms with van der Waals surface area (Å²) in [5.74, 6) is 2.42. The number of likely N-dealkylation sites (N-methyl/N-ethyl adjacent to an activating group) is 1. The Morgan fingerprint density at radius 3 is 2.55 bits per heavy atom. The second kappa shape index (κ2) is 8.30. The van der Waals surface area contributed by atoms with E-state index in [4.69, 9.17) is 23.2 Å². The predicted octanol–water partition coefficient (Wildman–Crippen LogP) is 5.98. The van der Waals surface area contributed by atoms with E-state index in [0.29, 0.717) is 51.9 Å². The van der Waals surface area contributed by atoms with Crippen LogP contribution < -0.4 is 5.32 Å². The molecular formula is C27H34Cl2N2O2. The van der Waals surface area contributed by atoms with Gasteiger partial charge < -0.3 is 10.2 Å². The van der Waals surface area contributed by atoms with Crippen molar-refractivity contribution in [2.75, 3.05) is 13.6 Å². The third kappa shape index (κ3) is 3.55. The summed E-state index contributed by atoms with van der Waals surface area (Å²) in [4.78, 5) is 27.1. The molecule has 0 radical (unpaired) electrons. The maximum absolute atomic E-state index is 12.9. The molecule has 5 rings (SSSR count). The van der Waals surface area contributed by atoms with Crippen molar-refractivity contribution in [1.29, 1.82) is 0 Å². The van der Waals surface area contributed by atoms with Crippen molar-refractivity contribution in [3.05, 3.63) is 46.0 Å². The Morgan fingerprint density at radius 1 is 1.09 bits per heavy atom. The van der Waals surface area contributed by atoms with E-state index in [1.165, 1.54) is 25.7 Å². The number of hydrogen-bond acceptors (Lipinski definition) is 2. The van der Waals surface area contributed by atoms with Crippen molar-refractivity contribution in [3.63, 3.8) is 0 Å². The normalized spacial score (nSPS) is 39.6. The molecule has 0 unspecified atom stereocenters. The lowest BCUT2D eigenvalue weighted by molar-refractivity contribution is -0.138. The minimum absolute atomic E-state index is 0.0695. The predicted molar refractivity (Wildman–Crippen MR) is 132 cm³/mol. The summed E-state index contributed by atoms with van der Waals surface area (Å²) in [6.45, 7) is 5.51. The smallest absolute Gasteiger partial charge is 0.254 e. The van der Waals surface area contributed by atoms with Crippen molar-refractivity contribution in [1.82, 2.24) is 10.2 Å². The molecule has 0 spiro atoms. The summed E-state index contributed by atoms with van der Waals surface area (Å²) in [5.41, 5.74) is 0.681. The summed E-state index contributed by atoms with van der Waals surface area (Å²) in [7, 11) is 1.97. The topological polar surface area (TPSA) is 49.4 Å². The number of carbonyl (C=O) groups is 2. The monoisotopic (exact) mass is 488 g/mol. The van der Waals surface area contributed by atoms with Gasteiger partial charge in [0, 0.05) is 25.0 Å². The third-order valence-electron chi connectivity index (χ3n) is 10.0. The Morgan fingerprint density at radius 2 is 1.82 bits per heavy atom. The van der Waals surface area contributed by atoms with Gasteiger partial charge in [0.05, 0.1) is 15.6 Å². The molecule has 0 aromatic heterocycles. The largest absolute Gasteiger partial charge is 0.352 e. The van der Waals surface area contributed by atoms with Gasteiger partial charge in [-0.2, -0.15) is 0 Å². The van der Waals surface area contributed by atoms with Crippen LogP contribution >= 0.6 is 23.2 Å². The average Bonchev–Trinajstić information content (AvgIpc) is 3.11. The van der Waals surface area contributed by atoms with Crippen molar-refractivity contribution in [3.8, 4) is 0 Å². The van der Waals surface area contributed by atoms with Crippen LogP contribution in [0.3, 0.4) is 0 Å². The average molecular weight is 489 g/mol. The molecule has 1 heterocycles. The van der Waals surface area contributed by atoms with Crippen LogP contribution in [0.15, 0.2) is 30.4 Å². The van der Waals surface area contributed by atoms with Gasteiger partial charge in [0.15, 0.2) is 0 Å². The highest BCUT2D eigenvalue weighted by Crippen LogP contribution is 2.65.